The Morgan fingerprint density at radius 1 is 0.939 bits per heavy atom. The number of carbonyl (C=O) groups excluding carboxylic acids is 2. The number of aryl methyl sites for hydroxylation is 1. The summed E-state index contributed by atoms with van der Waals surface area (Å²) in [4.78, 5) is 32.3. The predicted octanol–water partition coefficient (Wildman–Crippen LogP) is 2.31. The van der Waals surface area contributed by atoms with E-state index < -0.39 is 0 Å². The number of hydrogen-bond acceptors (Lipinski definition) is 5. The van der Waals surface area contributed by atoms with Crippen molar-refractivity contribution in [3.05, 3.63) is 71.3 Å². The van der Waals surface area contributed by atoms with Crippen molar-refractivity contribution < 1.29 is 19.1 Å². The summed E-state index contributed by atoms with van der Waals surface area (Å²) in [6.45, 7) is 8.59. The molecule has 176 valence electrons. The second-order valence-electron chi connectivity index (χ2n) is 8.68. The topological polar surface area (TPSA) is 62.3 Å². The van der Waals surface area contributed by atoms with Crippen molar-refractivity contribution in [2.45, 2.75) is 13.0 Å². The zero-order valence-electron chi connectivity index (χ0n) is 19.3. The van der Waals surface area contributed by atoms with E-state index in [1.54, 1.807) is 0 Å². The Bertz CT molecular complexity index is 913. The van der Waals surface area contributed by atoms with Crippen LogP contribution in [0.4, 0.5) is 0 Å². The minimum absolute atomic E-state index is 0.00514. The summed E-state index contributed by atoms with van der Waals surface area (Å²) < 4.78 is 11.4. The van der Waals surface area contributed by atoms with Crippen LogP contribution in [0.1, 0.15) is 26.3 Å². The van der Waals surface area contributed by atoms with Gasteiger partial charge in [0.05, 0.1) is 25.9 Å². The Morgan fingerprint density at radius 2 is 1.67 bits per heavy atom. The van der Waals surface area contributed by atoms with E-state index in [2.05, 4.69) is 4.90 Å². The van der Waals surface area contributed by atoms with Crippen molar-refractivity contribution in [1.82, 2.24) is 14.7 Å². The minimum atomic E-state index is -0.217. The average molecular weight is 452 g/mol. The van der Waals surface area contributed by atoms with E-state index in [-0.39, 0.29) is 17.9 Å². The molecule has 2 aromatic rings. The molecule has 2 fully saturated rings. The van der Waals surface area contributed by atoms with Gasteiger partial charge in [-0.05, 0) is 31.2 Å². The second kappa shape index (κ2) is 11.4. The predicted molar refractivity (Wildman–Crippen MR) is 126 cm³/mol. The maximum absolute atomic E-state index is 13.3. The lowest BCUT2D eigenvalue weighted by atomic mass is 10.1. The molecule has 0 saturated carbocycles. The highest BCUT2D eigenvalue weighted by Gasteiger charge is 2.28. The van der Waals surface area contributed by atoms with E-state index in [0.29, 0.717) is 43.9 Å². The Balaban J connectivity index is 1.42. The molecule has 0 bridgehead atoms. The van der Waals surface area contributed by atoms with Crippen LogP contribution in [0.5, 0.6) is 0 Å². The summed E-state index contributed by atoms with van der Waals surface area (Å²) >= 11 is 0. The molecule has 1 unspecified atom stereocenters. The van der Waals surface area contributed by atoms with Crippen molar-refractivity contribution in [1.29, 1.82) is 0 Å². The lowest BCUT2D eigenvalue weighted by molar-refractivity contribution is -0.0346. The summed E-state index contributed by atoms with van der Waals surface area (Å²) in [5.41, 5.74) is 2.48. The van der Waals surface area contributed by atoms with Crippen LogP contribution in [-0.2, 0) is 9.47 Å². The first kappa shape index (κ1) is 23.4. The largest absolute Gasteiger partial charge is 0.379 e. The van der Waals surface area contributed by atoms with E-state index in [1.807, 2.05) is 71.3 Å². The summed E-state index contributed by atoms with van der Waals surface area (Å²) in [5, 5.41) is 0. The number of hydrogen-bond donors (Lipinski definition) is 0. The molecule has 2 saturated heterocycles. The normalized spacial score (nSPS) is 19.3. The van der Waals surface area contributed by atoms with E-state index in [1.165, 1.54) is 0 Å². The molecule has 33 heavy (non-hydrogen) atoms. The maximum atomic E-state index is 13.3. The van der Waals surface area contributed by atoms with Crippen molar-refractivity contribution in [2.24, 2.45) is 0 Å². The van der Waals surface area contributed by atoms with E-state index in [9.17, 15) is 9.59 Å². The Labute approximate surface area is 195 Å². The molecule has 0 N–H and O–H groups in total. The number of carbonyl (C=O) groups is 2. The Morgan fingerprint density at radius 3 is 2.39 bits per heavy atom. The van der Waals surface area contributed by atoms with Crippen LogP contribution in [0.2, 0.25) is 0 Å². The van der Waals surface area contributed by atoms with Crippen molar-refractivity contribution in [2.75, 3.05) is 65.6 Å². The van der Waals surface area contributed by atoms with Gasteiger partial charge < -0.3 is 19.3 Å². The lowest BCUT2D eigenvalue weighted by Crippen LogP contribution is -2.52. The second-order valence-corrected chi connectivity index (χ2v) is 8.68. The number of amides is 2. The minimum Gasteiger partial charge on any atom is -0.379 e. The summed E-state index contributed by atoms with van der Waals surface area (Å²) in [7, 11) is 0. The first-order valence-corrected chi connectivity index (χ1v) is 11.7. The van der Waals surface area contributed by atoms with E-state index in [4.69, 9.17) is 9.47 Å². The Hall–Kier alpha value is -2.74. The number of morpholine rings is 2. The SMILES string of the molecule is Cc1ccc(C(=O)N2CCOC(CN(CCN3CCOCC3)C(=O)c3ccccc3)C2)cc1. The van der Waals surface area contributed by atoms with Crippen LogP contribution < -0.4 is 0 Å². The number of nitrogens with zero attached hydrogens (tertiary/aromatic N) is 3. The van der Waals surface area contributed by atoms with Crippen LogP contribution in [0, 0.1) is 6.92 Å². The quantitative estimate of drug-likeness (QED) is 0.647. The molecule has 2 aromatic carbocycles. The van der Waals surface area contributed by atoms with Gasteiger partial charge in [0, 0.05) is 56.9 Å². The van der Waals surface area contributed by atoms with Gasteiger partial charge >= 0.3 is 0 Å². The van der Waals surface area contributed by atoms with Gasteiger partial charge in [0.1, 0.15) is 0 Å². The number of benzene rings is 2. The summed E-state index contributed by atoms with van der Waals surface area (Å²) in [6, 6.07) is 17.0. The molecule has 2 amide bonds. The molecule has 0 radical (unpaired) electrons. The van der Waals surface area contributed by atoms with Gasteiger partial charge in [0.25, 0.3) is 11.8 Å². The molecule has 7 heteroatoms. The monoisotopic (exact) mass is 451 g/mol. The van der Waals surface area contributed by atoms with Gasteiger partial charge in [-0.1, -0.05) is 35.9 Å². The molecular weight excluding hydrogens is 418 g/mol. The van der Waals surface area contributed by atoms with Gasteiger partial charge in [-0.15, -0.1) is 0 Å². The smallest absolute Gasteiger partial charge is 0.254 e. The highest BCUT2D eigenvalue weighted by molar-refractivity contribution is 5.95. The van der Waals surface area contributed by atoms with E-state index >= 15 is 0 Å². The highest BCUT2D eigenvalue weighted by Crippen LogP contribution is 2.14. The molecule has 7 nitrogen and oxygen atoms in total. The van der Waals surface area contributed by atoms with Gasteiger partial charge in [0.2, 0.25) is 0 Å². The zero-order valence-corrected chi connectivity index (χ0v) is 19.3. The lowest BCUT2D eigenvalue weighted by Gasteiger charge is -2.37. The molecule has 2 aliphatic heterocycles. The van der Waals surface area contributed by atoms with Crippen LogP contribution in [0.3, 0.4) is 0 Å². The fourth-order valence-electron chi connectivity index (χ4n) is 4.26. The average Bonchev–Trinajstić information content (AvgIpc) is 2.87. The first-order valence-electron chi connectivity index (χ1n) is 11.7. The summed E-state index contributed by atoms with van der Waals surface area (Å²) in [6.07, 6.45) is -0.217. The third-order valence-corrected chi connectivity index (χ3v) is 6.25. The van der Waals surface area contributed by atoms with E-state index in [0.717, 1.165) is 38.4 Å². The molecule has 0 aliphatic carbocycles. The zero-order chi connectivity index (χ0) is 23.0. The van der Waals surface area contributed by atoms with Gasteiger partial charge in [-0.2, -0.15) is 0 Å². The molecule has 2 aliphatic rings. The molecular formula is C26H33N3O4. The van der Waals surface area contributed by atoms with Crippen LogP contribution in [0.25, 0.3) is 0 Å². The molecule has 1 atom stereocenters. The van der Waals surface area contributed by atoms with Gasteiger partial charge in [0.15, 0.2) is 0 Å². The number of rotatable bonds is 7. The fourth-order valence-corrected chi connectivity index (χ4v) is 4.26. The third kappa shape index (κ3) is 6.41. The fraction of sp³-hybridized carbons (Fsp3) is 0.462. The maximum Gasteiger partial charge on any atom is 0.254 e. The van der Waals surface area contributed by atoms with Gasteiger partial charge in [-0.25, -0.2) is 0 Å². The van der Waals surface area contributed by atoms with Gasteiger partial charge in [-0.3, -0.25) is 14.5 Å². The third-order valence-electron chi connectivity index (χ3n) is 6.25. The van der Waals surface area contributed by atoms with Crippen LogP contribution in [-0.4, -0.2) is 98.3 Å². The van der Waals surface area contributed by atoms with Crippen LogP contribution in [0.15, 0.2) is 54.6 Å². The van der Waals surface area contributed by atoms with Crippen LogP contribution >= 0.6 is 0 Å². The molecule has 2 heterocycles. The number of ether oxygens (including phenoxy) is 2. The summed E-state index contributed by atoms with van der Waals surface area (Å²) in [5.74, 6) is 0.00648. The van der Waals surface area contributed by atoms with Crippen molar-refractivity contribution in [3.8, 4) is 0 Å². The molecule has 4 rings (SSSR count). The highest BCUT2D eigenvalue weighted by atomic mass is 16.5. The molecule has 0 aromatic heterocycles. The van der Waals surface area contributed by atoms with Crippen molar-refractivity contribution in [3.63, 3.8) is 0 Å². The Kier molecular flexibility index (Phi) is 8.10. The van der Waals surface area contributed by atoms with Crippen molar-refractivity contribution >= 4 is 11.8 Å². The first-order chi connectivity index (χ1) is 16.1. The molecule has 0 spiro atoms. The standard InChI is InChI=1S/C26H33N3O4/c1-21-7-9-23(10-8-21)26(31)29-15-18-33-24(20-29)19-28(12-11-27-13-16-32-17-14-27)25(30)22-5-3-2-4-6-22/h2-10,24H,11-20H2,1H3.